The molecule has 0 fully saturated rings. The van der Waals surface area contributed by atoms with E-state index < -0.39 is 17.7 Å². The first-order chi connectivity index (χ1) is 13.4. The average molecular weight is 402 g/mol. The minimum absolute atomic E-state index is 0.148. The number of ether oxygens (including phenoxy) is 1. The maximum Gasteiger partial charge on any atom is 0.357 e. The molecular weight excluding hydrogens is 385 g/mol. The Balaban J connectivity index is 2.10. The first-order valence-electron chi connectivity index (χ1n) is 8.46. The van der Waals surface area contributed by atoms with Gasteiger partial charge in [-0.25, -0.2) is 14.2 Å². The molecule has 6 nitrogen and oxygen atoms in total. The van der Waals surface area contributed by atoms with Gasteiger partial charge >= 0.3 is 5.97 Å². The molecule has 0 bridgehead atoms. The number of hydrogen-bond donors (Lipinski definition) is 1. The number of hydrogen-bond acceptors (Lipinski definition) is 4. The summed E-state index contributed by atoms with van der Waals surface area (Å²) in [6.45, 7) is 1.86. The molecule has 0 aliphatic heterocycles. The SMILES string of the molecule is CCOC(=O)c1c(NC(=O)c2ccnc(Cl)c2)c(-c2cccc(F)c2)cn1C. The van der Waals surface area contributed by atoms with Gasteiger partial charge in [0.25, 0.3) is 5.91 Å². The number of nitrogens with one attached hydrogen (secondary N) is 1. The van der Waals surface area contributed by atoms with Crippen molar-refractivity contribution in [3.05, 3.63) is 71.0 Å². The van der Waals surface area contributed by atoms with E-state index >= 15 is 0 Å². The number of aromatic nitrogens is 2. The van der Waals surface area contributed by atoms with Crippen LogP contribution in [-0.4, -0.2) is 28.0 Å². The van der Waals surface area contributed by atoms with Gasteiger partial charge in [-0.1, -0.05) is 23.7 Å². The highest BCUT2D eigenvalue weighted by molar-refractivity contribution is 6.29. The molecule has 1 aromatic carbocycles. The number of pyridine rings is 1. The molecule has 0 spiro atoms. The van der Waals surface area contributed by atoms with Gasteiger partial charge in [0, 0.05) is 30.6 Å². The lowest BCUT2D eigenvalue weighted by Crippen LogP contribution is -2.17. The van der Waals surface area contributed by atoms with Crippen molar-refractivity contribution in [2.75, 3.05) is 11.9 Å². The lowest BCUT2D eigenvalue weighted by atomic mass is 10.1. The van der Waals surface area contributed by atoms with Crippen molar-refractivity contribution in [3.63, 3.8) is 0 Å². The van der Waals surface area contributed by atoms with Gasteiger partial charge in [-0.05, 0) is 36.8 Å². The molecule has 3 aromatic rings. The summed E-state index contributed by atoms with van der Waals surface area (Å²) in [6.07, 6.45) is 3.04. The molecule has 2 aromatic heterocycles. The van der Waals surface area contributed by atoms with E-state index in [1.165, 1.54) is 35.0 Å². The Morgan fingerprint density at radius 3 is 2.75 bits per heavy atom. The quantitative estimate of drug-likeness (QED) is 0.510. The van der Waals surface area contributed by atoms with Gasteiger partial charge in [-0.15, -0.1) is 0 Å². The van der Waals surface area contributed by atoms with Gasteiger partial charge in [0.1, 0.15) is 11.0 Å². The second-order valence-corrected chi connectivity index (χ2v) is 6.32. The van der Waals surface area contributed by atoms with E-state index in [0.717, 1.165) is 0 Å². The summed E-state index contributed by atoms with van der Waals surface area (Å²) in [5, 5.41) is 2.89. The average Bonchev–Trinajstić information content (AvgIpc) is 2.98. The fourth-order valence-corrected chi connectivity index (χ4v) is 2.98. The van der Waals surface area contributed by atoms with Gasteiger partial charge in [-0.2, -0.15) is 0 Å². The number of nitrogens with zero attached hydrogens (tertiary/aromatic N) is 2. The first-order valence-corrected chi connectivity index (χ1v) is 8.83. The number of benzene rings is 1. The van der Waals surface area contributed by atoms with Gasteiger partial charge in [-0.3, -0.25) is 4.79 Å². The molecule has 3 rings (SSSR count). The van der Waals surface area contributed by atoms with Crippen molar-refractivity contribution in [1.82, 2.24) is 9.55 Å². The Labute approximate surface area is 165 Å². The molecule has 0 aliphatic carbocycles. The van der Waals surface area contributed by atoms with Crippen molar-refractivity contribution in [3.8, 4) is 11.1 Å². The Hall–Kier alpha value is -3.19. The van der Waals surface area contributed by atoms with Crippen LogP contribution in [0.3, 0.4) is 0 Å². The third-order valence-electron chi connectivity index (χ3n) is 4.01. The summed E-state index contributed by atoms with van der Waals surface area (Å²) in [7, 11) is 1.65. The number of aryl methyl sites for hydroxylation is 1. The maximum absolute atomic E-state index is 13.7. The van der Waals surface area contributed by atoms with Crippen LogP contribution in [0.5, 0.6) is 0 Å². The largest absolute Gasteiger partial charge is 0.461 e. The van der Waals surface area contributed by atoms with Crippen molar-refractivity contribution in [2.45, 2.75) is 6.92 Å². The number of carbonyl (C=O) groups is 2. The molecule has 28 heavy (non-hydrogen) atoms. The van der Waals surface area contributed by atoms with Crippen molar-refractivity contribution in [2.24, 2.45) is 7.05 Å². The van der Waals surface area contributed by atoms with Crippen LogP contribution in [0, 0.1) is 5.82 Å². The summed E-state index contributed by atoms with van der Waals surface area (Å²) in [5.41, 5.74) is 1.63. The van der Waals surface area contributed by atoms with Crippen LogP contribution in [0.2, 0.25) is 5.15 Å². The predicted octanol–water partition coefficient (Wildman–Crippen LogP) is 4.31. The lowest BCUT2D eigenvalue weighted by molar-refractivity contribution is 0.0516. The Morgan fingerprint density at radius 1 is 1.29 bits per heavy atom. The smallest absolute Gasteiger partial charge is 0.357 e. The Bertz CT molecular complexity index is 1050. The van der Waals surface area contributed by atoms with Crippen LogP contribution in [-0.2, 0) is 11.8 Å². The number of rotatable bonds is 5. The lowest BCUT2D eigenvalue weighted by Gasteiger charge is -2.11. The summed E-state index contributed by atoms with van der Waals surface area (Å²) in [5.74, 6) is -1.52. The highest BCUT2D eigenvalue weighted by Gasteiger charge is 2.24. The van der Waals surface area contributed by atoms with Gasteiger partial charge in [0.2, 0.25) is 0 Å². The van der Waals surface area contributed by atoms with Crippen LogP contribution in [0.25, 0.3) is 11.1 Å². The molecule has 0 atom stereocenters. The number of esters is 1. The van der Waals surface area contributed by atoms with E-state index in [4.69, 9.17) is 16.3 Å². The zero-order valence-corrected chi connectivity index (χ0v) is 16.0. The summed E-state index contributed by atoms with van der Waals surface area (Å²) in [6, 6.07) is 8.78. The van der Waals surface area contributed by atoms with E-state index in [1.54, 1.807) is 32.3 Å². The third kappa shape index (κ3) is 4.04. The summed E-state index contributed by atoms with van der Waals surface area (Å²) >= 11 is 5.85. The molecule has 144 valence electrons. The second kappa shape index (κ2) is 8.22. The third-order valence-corrected chi connectivity index (χ3v) is 4.22. The van der Waals surface area contributed by atoms with E-state index in [-0.39, 0.29) is 28.7 Å². The van der Waals surface area contributed by atoms with E-state index in [9.17, 15) is 14.0 Å². The first kappa shape index (κ1) is 19.6. The molecule has 1 N–H and O–H groups in total. The molecular formula is C20H17ClFN3O3. The summed E-state index contributed by atoms with van der Waals surface area (Å²) < 4.78 is 20.4. The number of carbonyl (C=O) groups excluding carboxylic acids is 2. The number of anilines is 1. The Kier molecular flexibility index (Phi) is 5.75. The second-order valence-electron chi connectivity index (χ2n) is 5.93. The number of amides is 1. The van der Waals surface area contributed by atoms with E-state index in [2.05, 4.69) is 10.3 Å². The van der Waals surface area contributed by atoms with E-state index in [0.29, 0.717) is 11.1 Å². The van der Waals surface area contributed by atoms with E-state index in [1.807, 2.05) is 0 Å². The van der Waals surface area contributed by atoms with Crippen LogP contribution in [0.1, 0.15) is 27.8 Å². The van der Waals surface area contributed by atoms with Crippen LogP contribution in [0.4, 0.5) is 10.1 Å². The highest BCUT2D eigenvalue weighted by atomic mass is 35.5. The van der Waals surface area contributed by atoms with Crippen LogP contribution in [0.15, 0.2) is 48.8 Å². The molecule has 0 saturated carbocycles. The molecule has 8 heteroatoms. The topological polar surface area (TPSA) is 73.2 Å². The molecule has 2 heterocycles. The summed E-state index contributed by atoms with van der Waals surface area (Å²) in [4.78, 5) is 29.0. The fourth-order valence-electron chi connectivity index (χ4n) is 2.80. The van der Waals surface area contributed by atoms with Crippen molar-refractivity contribution < 1.29 is 18.7 Å². The molecule has 0 aliphatic rings. The molecule has 1 amide bonds. The number of halogens is 2. The molecule has 0 unspecified atom stereocenters. The molecule has 0 radical (unpaired) electrons. The van der Waals surface area contributed by atoms with Gasteiger partial charge < -0.3 is 14.6 Å². The zero-order chi connectivity index (χ0) is 20.3. The van der Waals surface area contributed by atoms with Crippen molar-refractivity contribution >= 4 is 29.2 Å². The predicted molar refractivity (Wildman–Crippen MR) is 104 cm³/mol. The Morgan fingerprint density at radius 2 is 2.07 bits per heavy atom. The minimum atomic E-state index is -0.601. The maximum atomic E-state index is 13.7. The van der Waals surface area contributed by atoms with Gasteiger partial charge in [0.15, 0.2) is 5.69 Å². The van der Waals surface area contributed by atoms with Crippen LogP contribution < -0.4 is 5.32 Å². The minimum Gasteiger partial charge on any atom is -0.461 e. The van der Waals surface area contributed by atoms with Gasteiger partial charge in [0.05, 0.1) is 12.3 Å². The monoisotopic (exact) mass is 401 g/mol. The normalized spacial score (nSPS) is 10.6. The standard InChI is InChI=1S/C20H17ClFN3O3/c1-3-28-20(27)18-17(24-19(26)13-7-8-23-16(21)10-13)15(11-25(18)2)12-5-4-6-14(22)9-12/h4-11H,3H2,1-2H3,(H,24,26). The fraction of sp³-hybridized carbons (Fsp3) is 0.150. The van der Waals surface area contributed by atoms with Crippen LogP contribution >= 0.6 is 11.6 Å². The highest BCUT2D eigenvalue weighted by Crippen LogP contribution is 2.34. The van der Waals surface area contributed by atoms with Crippen molar-refractivity contribution in [1.29, 1.82) is 0 Å². The zero-order valence-electron chi connectivity index (χ0n) is 15.2. The molecule has 0 saturated heterocycles.